The smallest absolute Gasteiger partial charge is 0.150 e. The molecule has 1 aromatic rings. The van der Waals surface area contributed by atoms with Gasteiger partial charge in [-0.1, -0.05) is 35.0 Å². The Kier molecular flexibility index (Phi) is 3.37. The molecule has 0 spiro atoms. The summed E-state index contributed by atoms with van der Waals surface area (Å²) in [4.78, 5) is 20.9. The Morgan fingerprint density at radius 2 is 2.08 bits per heavy atom. The van der Waals surface area contributed by atoms with Crippen LogP contribution in [0.2, 0.25) is 0 Å². The van der Waals surface area contributed by atoms with E-state index < -0.39 is 0 Å². The summed E-state index contributed by atoms with van der Waals surface area (Å²) in [6.07, 6.45) is 1.65. The van der Waals surface area contributed by atoms with Crippen LogP contribution in [0.5, 0.6) is 0 Å². The van der Waals surface area contributed by atoms with Crippen LogP contribution < -0.4 is 0 Å². The fourth-order valence-electron chi connectivity index (χ4n) is 1.06. The maximum atomic E-state index is 10.5. The minimum atomic E-state index is -0.143. The Labute approximate surface area is 85.1 Å². The van der Waals surface area contributed by atoms with E-state index in [1.807, 2.05) is 6.92 Å². The highest BCUT2D eigenvalue weighted by molar-refractivity contribution is 9.10. The van der Waals surface area contributed by atoms with E-state index in [0.29, 0.717) is 5.56 Å². The molecule has 0 saturated carbocycles. The number of aldehydes is 2. The van der Waals surface area contributed by atoms with Crippen molar-refractivity contribution in [3.05, 3.63) is 33.8 Å². The van der Waals surface area contributed by atoms with Crippen molar-refractivity contribution >= 4 is 28.5 Å². The van der Waals surface area contributed by atoms with Gasteiger partial charge in [0.15, 0.2) is 0 Å². The average Bonchev–Trinajstić information content (AvgIpc) is 2.16. The Balaban J connectivity index is 3.11. The van der Waals surface area contributed by atoms with Crippen LogP contribution >= 0.6 is 15.9 Å². The lowest BCUT2D eigenvalue weighted by molar-refractivity contribution is -0.108. The summed E-state index contributed by atoms with van der Waals surface area (Å²) in [7, 11) is 0. The lowest BCUT2D eigenvalue weighted by Crippen LogP contribution is -1.96. The molecule has 0 aliphatic rings. The summed E-state index contributed by atoms with van der Waals surface area (Å²) in [5.41, 5.74) is 1.51. The summed E-state index contributed by atoms with van der Waals surface area (Å²) in [6.45, 7) is 1.81. The summed E-state index contributed by atoms with van der Waals surface area (Å²) >= 11 is 3.31. The van der Waals surface area contributed by atoms with Crippen molar-refractivity contribution in [1.29, 1.82) is 0 Å². The molecule has 0 N–H and O–H groups in total. The first kappa shape index (κ1) is 10.1. The topological polar surface area (TPSA) is 34.1 Å². The van der Waals surface area contributed by atoms with Crippen LogP contribution in [0.1, 0.15) is 28.8 Å². The third-order valence-corrected chi connectivity index (χ3v) is 2.54. The van der Waals surface area contributed by atoms with E-state index in [-0.39, 0.29) is 5.92 Å². The number of halogens is 1. The quantitative estimate of drug-likeness (QED) is 0.762. The molecule has 0 aromatic heterocycles. The molecule has 0 aliphatic heterocycles. The lowest BCUT2D eigenvalue weighted by Gasteiger charge is -2.06. The molecule has 13 heavy (non-hydrogen) atoms. The first-order valence-electron chi connectivity index (χ1n) is 3.89. The molecule has 1 rings (SSSR count). The number of hydrogen-bond acceptors (Lipinski definition) is 2. The van der Waals surface area contributed by atoms with Crippen molar-refractivity contribution in [2.75, 3.05) is 0 Å². The maximum absolute atomic E-state index is 10.5. The second-order valence-electron chi connectivity index (χ2n) is 2.82. The van der Waals surface area contributed by atoms with E-state index in [0.717, 1.165) is 22.6 Å². The average molecular weight is 241 g/mol. The van der Waals surface area contributed by atoms with Gasteiger partial charge in [0.2, 0.25) is 0 Å². The minimum Gasteiger partial charge on any atom is -0.303 e. The van der Waals surface area contributed by atoms with Crippen molar-refractivity contribution in [2.45, 2.75) is 12.8 Å². The lowest BCUT2D eigenvalue weighted by atomic mass is 10.0. The van der Waals surface area contributed by atoms with Crippen LogP contribution in [0.3, 0.4) is 0 Å². The van der Waals surface area contributed by atoms with E-state index in [9.17, 15) is 9.59 Å². The van der Waals surface area contributed by atoms with Crippen molar-refractivity contribution in [3.63, 3.8) is 0 Å². The summed E-state index contributed by atoms with van der Waals surface area (Å²) < 4.78 is 0.803. The van der Waals surface area contributed by atoms with Gasteiger partial charge in [-0.2, -0.15) is 0 Å². The largest absolute Gasteiger partial charge is 0.303 e. The second-order valence-corrected chi connectivity index (χ2v) is 3.68. The first-order chi connectivity index (χ1) is 6.19. The van der Waals surface area contributed by atoms with Crippen LogP contribution in [-0.2, 0) is 4.79 Å². The van der Waals surface area contributed by atoms with Crippen LogP contribution in [0, 0.1) is 0 Å². The molecule has 0 fully saturated rings. The first-order valence-corrected chi connectivity index (χ1v) is 4.68. The molecule has 68 valence electrons. The SMILES string of the molecule is CC(C=O)c1ccc(C=O)cc1Br. The number of carbonyl (C=O) groups is 2. The standard InChI is InChI=1S/C10H9BrO2/c1-7(5-12)9-3-2-8(6-13)4-10(9)11/h2-7H,1H3. The third-order valence-electron chi connectivity index (χ3n) is 1.86. The zero-order valence-corrected chi connectivity index (χ0v) is 8.74. The Morgan fingerprint density at radius 1 is 1.38 bits per heavy atom. The van der Waals surface area contributed by atoms with Crippen molar-refractivity contribution in [2.24, 2.45) is 0 Å². The van der Waals surface area contributed by atoms with E-state index in [1.165, 1.54) is 0 Å². The van der Waals surface area contributed by atoms with Crippen LogP contribution in [-0.4, -0.2) is 12.6 Å². The van der Waals surface area contributed by atoms with Gasteiger partial charge in [-0.25, -0.2) is 0 Å². The number of hydrogen-bond donors (Lipinski definition) is 0. The third kappa shape index (κ3) is 2.25. The van der Waals surface area contributed by atoms with Gasteiger partial charge in [-0.15, -0.1) is 0 Å². The number of benzene rings is 1. The molecular weight excluding hydrogens is 232 g/mol. The van der Waals surface area contributed by atoms with Crippen molar-refractivity contribution in [1.82, 2.24) is 0 Å². The van der Waals surface area contributed by atoms with Gasteiger partial charge in [-0.3, -0.25) is 4.79 Å². The van der Waals surface area contributed by atoms with E-state index in [2.05, 4.69) is 15.9 Å². The molecule has 0 radical (unpaired) electrons. The monoisotopic (exact) mass is 240 g/mol. The highest BCUT2D eigenvalue weighted by Crippen LogP contribution is 2.24. The molecule has 1 aromatic carbocycles. The van der Waals surface area contributed by atoms with E-state index >= 15 is 0 Å². The molecule has 0 bridgehead atoms. The van der Waals surface area contributed by atoms with Crippen LogP contribution in [0.4, 0.5) is 0 Å². The summed E-state index contributed by atoms with van der Waals surface area (Å²) in [5.74, 6) is -0.143. The molecule has 1 atom stereocenters. The Hall–Kier alpha value is -0.960. The molecule has 0 saturated heterocycles. The fraction of sp³-hybridized carbons (Fsp3) is 0.200. The van der Waals surface area contributed by atoms with Gasteiger partial charge in [0.1, 0.15) is 12.6 Å². The van der Waals surface area contributed by atoms with Crippen molar-refractivity contribution in [3.8, 4) is 0 Å². The van der Waals surface area contributed by atoms with Gasteiger partial charge in [0, 0.05) is 16.0 Å². The Bertz CT molecular complexity index is 334. The minimum absolute atomic E-state index is 0.143. The Morgan fingerprint density at radius 3 is 2.54 bits per heavy atom. The van der Waals surface area contributed by atoms with Gasteiger partial charge < -0.3 is 4.79 Å². The van der Waals surface area contributed by atoms with Crippen molar-refractivity contribution < 1.29 is 9.59 Å². The van der Waals surface area contributed by atoms with E-state index in [1.54, 1.807) is 18.2 Å². The van der Waals surface area contributed by atoms with Gasteiger partial charge in [0.05, 0.1) is 0 Å². The van der Waals surface area contributed by atoms with Crippen LogP contribution in [0.25, 0.3) is 0 Å². The van der Waals surface area contributed by atoms with Gasteiger partial charge >= 0.3 is 0 Å². The maximum Gasteiger partial charge on any atom is 0.150 e. The highest BCUT2D eigenvalue weighted by atomic mass is 79.9. The van der Waals surface area contributed by atoms with E-state index in [4.69, 9.17) is 0 Å². The molecule has 1 unspecified atom stereocenters. The zero-order valence-electron chi connectivity index (χ0n) is 7.16. The van der Waals surface area contributed by atoms with Gasteiger partial charge in [-0.05, 0) is 11.6 Å². The molecule has 0 amide bonds. The summed E-state index contributed by atoms with van der Waals surface area (Å²) in [6, 6.07) is 5.20. The second kappa shape index (κ2) is 4.33. The number of rotatable bonds is 3. The number of carbonyl (C=O) groups excluding carboxylic acids is 2. The predicted octanol–water partition coefficient (Wildman–Crippen LogP) is 2.56. The molecular formula is C10H9BrO2. The predicted molar refractivity (Wildman–Crippen MR) is 54.0 cm³/mol. The normalized spacial score (nSPS) is 12.2. The molecule has 2 nitrogen and oxygen atoms in total. The molecule has 0 aliphatic carbocycles. The van der Waals surface area contributed by atoms with Gasteiger partial charge in [0.25, 0.3) is 0 Å². The fourth-order valence-corrected chi connectivity index (χ4v) is 1.82. The van der Waals surface area contributed by atoms with Crippen LogP contribution in [0.15, 0.2) is 22.7 Å². The summed E-state index contributed by atoms with van der Waals surface area (Å²) in [5, 5.41) is 0. The molecule has 3 heteroatoms. The zero-order chi connectivity index (χ0) is 9.84. The highest BCUT2D eigenvalue weighted by Gasteiger charge is 2.07. The molecule has 0 heterocycles.